The first-order valence-corrected chi connectivity index (χ1v) is 9.70. The van der Waals surface area contributed by atoms with Crippen LogP contribution >= 0.6 is 11.8 Å². The molecule has 0 bridgehead atoms. The number of imidazole rings is 1. The SMILES string of the molecule is C[C@H](Sc1nc2ccccc2n1C(F)F)C(=O)N1CCc2ccccc2C1. The summed E-state index contributed by atoms with van der Waals surface area (Å²) in [5.74, 6) is -0.0534. The molecule has 27 heavy (non-hydrogen) atoms. The number of para-hydroxylation sites is 2. The second-order valence-corrected chi connectivity index (χ2v) is 7.88. The maximum absolute atomic E-state index is 13.6. The number of benzene rings is 2. The third kappa shape index (κ3) is 3.43. The highest BCUT2D eigenvalue weighted by Crippen LogP contribution is 2.32. The maximum atomic E-state index is 13.6. The molecule has 0 radical (unpaired) electrons. The summed E-state index contributed by atoms with van der Waals surface area (Å²) in [6, 6.07) is 14.9. The van der Waals surface area contributed by atoms with Crippen molar-refractivity contribution in [2.24, 2.45) is 0 Å². The van der Waals surface area contributed by atoms with Crippen LogP contribution in [0.1, 0.15) is 24.6 Å². The van der Waals surface area contributed by atoms with Crippen LogP contribution in [0.3, 0.4) is 0 Å². The Kier molecular flexibility index (Phi) is 4.86. The highest BCUT2D eigenvalue weighted by molar-refractivity contribution is 8.00. The van der Waals surface area contributed by atoms with Gasteiger partial charge < -0.3 is 4.90 Å². The molecule has 2 aromatic carbocycles. The first kappa shape index (κ1) is 18.0. The van der Waals surface area contributed by atoms with Gasteiger partial charge >= 0.3 is 6.55 Å². The Morgan fingerprint density at radius 1 is 1.11 bits per heavy atom. The van der Waals surface area contributed by atoms with Crippen molar-refractivity contribution in [2.45, 2.75) is 36.8 Å². The zero-order chi connectivity index (χ0) is 19.0. The van der Waals surface area contributed by atoms with E-state index >= 15 is 0 Å². The molecule has 0 spiro atoms. The van der Waals surface area contributed by atoms with Gasteiger partial charge in [0.1, 0.15) is 0 Å². The molecule has 4 nitrogen and oxygen atoms in total. The van der Waals surface area contributed by atoms with Crippen molar-refractivity contribution in [1.82, 2.24) is 14.5 Å². The van der Waals surface area contributed by atoms with E-state index < -0.39 is 11.8 Å². The normalized spacial score (nSPS) is 15.2. The van der Waals surface area contributed by atoms with Crippen LogP contribution in [0.5, 0.6) is 0 Å². The Hall–Kier alpha value is -2.41. The lowest BCUT2D eigenvalue weighted by Crippen LogP contribution is -2.40. The van der Waals surface area contributed by atoms with Crippen molar-refractivity contribution in [3.8, 4) is 0 Å². The summed E-state index contributed by atoms with van der Waals surface area (Å²) in [5.41, 5.74) is 3.30. The molecule has 0 saturated carbocycles. The Morgan fingerprint density at radius 3 is 2.59 bits per heavy atom. The Labute approximate surface area is 160 Å². The summed E-state index contributed by atoms with van der Waals surface area (Å²) < 4.78 is 28.1. The Balaban J connectivity index is 1.54. The quantitative estimate of drug-likeness (QED) is 0.619. The van der Waals surface area contributed by atoms with Crippen LogP contribution in [0.15, 0.2) is 53.7 Å². The number of nitrogens with zero attached hydrogens (tertiary/aromatic N) is 3. The minimum Gasteiger partial charge on any atom is -0.337 e. The van der Waals surface area contributed by atoms with E-state index in [-0.39, 0.29) is 11.1 Å². The number of carbonyl (C=O) groups is 1. The van der Waals surface area contributed by atoms with Gasteiger partial charge in [0, 0.05) is 13.1 Å². The van der Waals surface area contributed by atoms with E-state index in [4.69, 9.17) is 0 Å². The van der Waals surface area contributed by atoms with Crippen LogP contribution < -0.4 is 0 Å². The summed E-state index contributed by atoms with van der Waals surface area (Å²) in [6.45, 7) is 0.254. The first-order valence-electron chi connectivity index (χ1n) is 8.82. The van der Waals surface area contributed by atoms with Crippen molar-refractivity contribution in [3.05, 3.63) is 59.7 Å². The van der Waals surface area contributed by atoms with Crippen LogP contribution in [0.2, 0.25) is 0 Å². The van der Waals surface area contributed by atoms with Gasteiger partial charge in [-0.1, -0.05) is 48.2 Å². The van der Waals surface area contributed by atoms with Gasteiger partial charge in [0.15, 0.2) is 5.16 Å². The molecule has 1 atom stereocenters. The number of amides is 1. The van der Waals surface area contributed by atoms with E-state index in [2.05, 4.69) is 11.1 Å². The molecule has 0 fully saturated rings. The lowest BCUT2D eigenvalue weighted by molar-refractivity contribution is -0.131. The predicted octanol–water partition coefficient (Wildman–Crippen LogP) is 4.50. The summed E-state index contributed by atoms with van der Waals surface area (Å²) in [7, 11) is 0. The molecule has 0 aliphatic carbocycles. The number of alkyl halides is 2. The zero-order valence-corrected chi connectivity index (χ0v) is 15.6. The summed E-state index contributed by atoms with van der Waals surface area (Å²) in [6.07, 6.45) is 0.814. The van der Waals surface area contributed by atoms with E-state index in [0.717, 1.165) is 28.3 Å². The van der Waals surface area contributed by atoms with Crippen molar-refractivity contribution >= 4 is 28.7 Å². The highest BCUT2D eigenvalue weighted by atomic mass is 32.2. The minimum atomic E-state index is -2.70. The second kappa shape index (κ2) is 7.31. The summed E-state index contributed by atoms with van der Waals surface area (Å²) in [4.78, 5) is 19.0. The highest BCUT2D eigenvalue weighted by Gasteiger charge is 2.28. The molecule has 7 heteroatoms. The third-order valence-corrected chi connectivity index (χ3v) is 5.88. The molecule has 0 unspecified atom stereocenters. The largest absolute Gasteiger partial charge is 0.337 e. The summed E-state index contributed by atoms with van der Waals surface area (Å²) in [5, 5.41) is -0.325. The molecule has 2 heterocycles. The molecule has 3 aromatic rings. The number of thioether (sulfide) groups is 1. The van der Waals surface area contributed by atoms with Gasteiger partial charge in [0.25, 0.3) is 0 Å². The van der Waals surface area contributed by atoms with Crippen LogP contribution in [0, 0.1) is 0 Å². The van der Waals surface area contributed by atoms with Gasteiger partial charge in [0.05, 0.1) is 16.3 Å². The molecule has 4 rings (SSSR count). The number of fused-ring (bicyclic) bond motifs is 2. The van der Waals surface area contributed by atoms with E-state index in [1.807, 2.05) is 18.2 Å². The van der Waals surface area contributed by atoms with Crippen LogP contribution in [0.25, 0.3) is 11.0 Å². The standard InChI is InChI=1S/C20H19F2N3OS/c1-13(18(26)24-11-10-14-6-2-3-7-15(14)12-24)27-20-23-16-8-4-5-9-17(16)25(20)19(21)22/h2-9,13,19H,10-12H2,1H3/t13-/m0/s1. The first-order chi connectivity index (χ1) is 13.0. The molecule has 0 saturated heterocycles. The number of rotatable bonds is 4. The number of hydrogen-bond donors (Lipinski definition) is 0. The van der Waals surface area contributed by atoms with Crippen LogP contribution in [0.4, 0.5) is 8.78 Å². The second-order valence-electron chi connectivity index (χ2n) is 6.57. The fraction of sp³-hybridized carbons (Fsp3) is 0.300. The number of aromatic nitrogens is 2. The molecule has 140 valence electrons. The topological polar surface area (TPSA) is 38.1 Å². The third-order valence-electron chi connectivity index (χ3n) is 4.83. The average molecular weight is 387 g/mol. The number of hydrogen-bond acceptors (Lipinski definition) is 3. The molecular weight excluding hydrogens is 368 g/mol. The van der Waals surface area contributed by atoms with Gasteiger partial charge in [-0.05, 0) is 36.6 Å². The molecular formula is C20H19F2N3OS. The maximum Gasteiger partial charge on any atom is 0.321 e. The van der Waals surface area contributed by atoms with E-state index in [1.165, 1.54) is 5.56 Å². The fourth-order valence-corrected chi connectivity index (χ4v) is 4.45. The minimum absolute atomic E-state index is 0.0534. The number of carbonyl (C=O) groups excluding carboxylic acids is 1. The van der Waals surface area contributed by atoms with Gasteiger partial charge in [-0.25, -0.2) is 4.98 Å². The molecule has 1 aromatic heterocycles. The average Bonchev–Trinajstić information content (AvgIpc) is 3.04. The molecule has 0 N–H and O–H groups in total. The van der Waals surface area contributed by atoms with Crippen molar-refractivity contribution in [1.29, 1.82) is 0 Å². The van der Waals surface area contributed by atoms with E-state index in [9.17, 15) is 13.6 Å². The number of halogens is 2. The van der Waals surface area contributed by atoms with Gasteiger partial charge in [-0.3, -0.25) is 9.36 Å². The Morgan fingerprint density at radius 2 is 1.81 bits per heavy atom. The molecule has 1 aliphatic heterocycles. The summed E-state index contributed by atoms with van der Waals surface area (Å²) >= 11 is 1.09. The Bertz CT molecular complexity index is 988. The van der Waals surface area contributed by atoms with Crippen molar-refractivity contribution < 1.29 is 13.6 Å². The van der Waals surface area contributed by atoms with Crippen molar-refractivity contribution in [2.75, 3.05) is 6.54 Å². The molecule has 1 amide bonds. The monoisotopic (exact) mass is 387 g/mol. The lowest BCUT2D eigenvalue weighted by atomic mass is 10.00. The predicted molar refractivity (Wildman–Crippen MR) is 102 cm³/mol. The van der Waals surface area contributed by atoms with Crippen LogP contribution in [-0.2, 0) is 17.8 Å². The lowest BCUT2D eigenvalue weighted by Gasteiger charge is -2.30. The smallest absolute Gasteiger partial charge is 0.321 e. The van der Waals surface area contributed by atoms with E-state index in [1.54, 1.807) is 36.1 Å². The van der Waals surface area contributed by atoms with Gasteiger partial charge in [-0.2, -0.15) is 8.78 Å². The zero-order valence-electron chi connectivity index (χ0n) is 14.8. The van der Waals surface area contributed by atoms with Crippen LogP contribution in [-0.4, -0.2) is 32.2 Å². The van der Waals surface area contributed by atoms with E-state index in [0.29, 0.717) is 24.1 Å². The van der Waals surface area contributed by atoms with Crippen molar-refractivity contribution in [3.63, 3.8) is 0 Å². The molecule has 1 aliphatic rings. The fourth-order valence-electron chi connectivity index (χ4n) is 3.44. The van der Waals surface area contributed by atoms with Gasteiger partial charge in [0.2, 0.25) is 5.91 Å². The van der Waals surface area contributed by atoms with Gasteiger partial charge in [-0.15, -0.1) is 0 Å².